The molecule has 0 bridgehead atoms. The molecule has 156 valence electrons. The molecule has 1 amide bonds. The van der Waals surface area contributed by atoms with E-state index in [4.69, 9.17) is 10.3 Å². The monoisotopic (exact) mass is 405 g/mol. The lowest BCUT2D eigenvalue weighted by molar-refractivity contribution is 0.102. The Balaban J connectivity index is 1.79. The van der Waals surface area contributed by atoms with Gasteiger partial charge < -0.3 is 20.5 Å². The van der Waals surface area contributed by atoms with Crippen molar-refractivity contribution in [3.63, 3.8) is 0 Å². The second-order valence-corrected chi connectivity index (χ2v) is 8.03. The topological polar surface area (TPSA) is 97.3 Å². The van der Waals surface area contributed by atoms with E-state index in [0.29, 0.717) is 17.0 Å². The van der Waals surface area contributed by atoms with Crippen molar-refractivity contribution in [2.45, 2.75) is 39.7 Å². The van der Waals surface area contributed by atoms with Crippen LogP contribution in [0.2, 0.25) is 0 Å². The third-order valence-electron chi connectivity index (χ3n) is 5.55. The van der Waals surface area contributed by atoms with Crippen molar-refractivity contribution >= 4 is 17.3 Å². The molecule has 0 unspecified atom stereocenters. The lowest BCUT2D eigenvalue weighted by Gasteiger charge is -2.34. The van der Waals surface area contributed by atoms with E-state index in [2.05, 4.69) is 52.4 Å². The number of aromatic nitrogens is 2. The van der Waals surface area contributed by atoms with Gasteiger partial charge in [-0.2, -0.15) is 0 Å². The lowest BCUT2D eigenvalue weighted by Crippen LogP contribution is -2.40. The van der Waals surface area contributed by atoms with Crippen molar-refractivity contribution in [2.24, 2.45) is 5.73 Å². The Morgan fingerprint density at radius 1 is 1.10 bits per heavy atom. The minimum absolute atomic E-state index is 0.213. The number of amides is 1. The highest BCUT2D eigenvalue weighted by atomic mass is 16.5. The number of nitrogens with one attached hydrogen (secondary N) is 1. The molecule has 1 aliphatic rings. The largest absolute Gasteiger partial charge is 0.369 e. The minimum atomic E-state index is -0.261. The molecule has 3 N–H and O–H groups in total. The highest BCUT2D eigenvalue weighted by Gasteiger charge is 2.24. The molecule has 0 radical (unpaired) electrons. The highest BCUT2D eigenvalue weighted by molar-refractivity contribution is 6.07. The standard InChI is InChI=1S/C23H27N5O2/c1-14-8-15(2)10-17(9-14)20-11-25-13-21(22(20)28-6-4-18(24)5-7-28)27-23(29)19-12-26-30-16(19)3/h8-13,18H,4-7,24H2,1-3H3,(H,27,29). The number of hydrogen-bond donors (Lipinski definition) is 2. The van der Waals surface area contributed by atoms with Crippen LogP contribution in [0.1, 0.15) is 40.1 Å². The van der Waals surface area contributed by atoms with E-state index >= 15 is 0 Å². The summed E-state index contributed by atoms with van der Waals surface area (Å²) in [6.45, 7) is 7.56. The molecule has 4 rings (SSSR count). The van der Waals surface area contributed by atoms with E-state index in [0.717, 1.165) is 42.7 Å². The van der Waals surface area contributed by atoms with Crippen LogP contribution in [0.15, 0.2) is 41.3 Å². The van der Waals surface area contributed by atoms with Gasteiger partial charge in [0.1, 0.15) is 11.3 Å². The fraction of sp³-hybridized carbons (Fsp3) is 0.348. The number of nitrogens with zero attached hydrogens (tertiary/aromatic N) is 3. The molecule has 3 heterocycles. The normalized spacial score (nSPS) is 14.7. The Morgan fingerprint density at radius 3 is 2.43 bits per heavy atom. The third-order valence-corrected chi connectivity index (χ3v) is 5.55. The quantitative estimate of drug-likeness (QED) is 0.684. The summed E-state index contributed by atoms with van der Waals surface area (Å²) in [5.41, 5.74) is 12.7. The molecule has 7 nitrogen and oxygen atoms in total. The summed E-state index contributed by atoms with van der Waals surface area (Å²) in [6, 6.07) is 6.67. The number of anilines is 2. The zero-order chi connectivity index (χ0) is 21.3. The van der Waals surface area contributed by atoms with Gasteiger partial charge in [-0.05, 0) is 39.2 Å². The first-order valence-electron chi connectivity index (χ1n) is 10.2. The second-order valence-electron chi connectivity index (χ2n) is 8.03. The molecule has 3 aromatic rings. The van der Waals surface area contributed by atoms with Crippen LogP contribution in [0.25, 0.3) is 11.1 Å². The van der Waals surface area contributed by atoms with E-state index in [-0.39, 0.29) is 11.9 Å². The summed E-state index contributed by atoms with van der Waals surface area (Å²) in [7, 11) is 0. The number of nitrogens with two attached hydrogens (primary N) is 1. The van der Waals surface area contributed by atoms with E-state index < -0.39 is 0 Å². The van der Waals surface area contributed by atoms with Crippen molar-refractivity contribution in [3.8, 4) is 11.1 Å². The molecule has 0 aliphatic carbocycles. The average Bonchev–Trinajstić information content (AvgIpc) is 3.14. The molecule has 0 spiro atoms. The minimum Gasteiger partial charge on any atom is -0.369 e. The lowest BCUT2D eigenvalue weighted by atomic mass is 9.98. The Bertz CT molecular complexity index is 1050. The predicted molar refractivity (Wildman–Crippen MR) is 118 cm³/mol. The van der Waals surface area contributed by atoms with Crippen LogP contribution in [0, 0.1) is 20.8 Å². The number of piperidine rings is 1. The van der Waals surface area contributed by atoms with Crippen molar-refractivity contribution < 1.29 is 9.32 Å². The Morgan fingerprint density at radius 2 is 1.80 bits per heavy atom. The van der Waals surface area contributed by atoms with E-state index in [1.807, 2.05) is 6.20 Å². The summed E-state index contributed by atoms with van der Waals surface area (Å²) in [6.07, 6.45) is 6.83. The predicted octanol–water partition coefficient (Wildman–Crippen LogP) is 3.84. The molecule has 7 heteroatoms. The first-order valence-corrected chi connectivity index (χ1v) is 10.2. The van der Waals surface area contributed by atoms with Crippen molar-refractivity contribution in [1.82, 2.24) is 10.1 Å². The van der Waals surface area contributed by atoms with Crippen molar-refractivity contribution in [1.29, 1.82) is 0 Å². The molecule has 0 atom stereocenters. The Kier molecular flexibility index (Phi) is 5.55. The van der Waals surface area contributed by atoms with Crippen molar-refractivity contribution in [3.05, 3.63) is 59.2 Å². The number of carbonyl (C=O) groups is 1. The second kappa shape index (κ2) is 8.28. The number of aryl methyl sites for hydroxylation is 3. The molecule has 1 saturated heterocycles. The van der Waals surface area contributed by atoms with E-state index in [1.165, 1.54) is 17.3 Å². The molecule has 1 aliphatic heterocycles. The highest BCUT2D eigenvalue weighted by Crippen LogP contribution is 2.38. The van der Waals surface area contributed by atoms with Gasteiger partial charge in [-0.1, -0.05) is 34.5 Å². The summed E-state index contributed by atoms with van der Waals surface area (Å²) in [5, 5.41) is 6.74. The molecule has 1 fully saturated rings. The van der Waals surface area contributed by atoms with E-state index in [9.17, 15) is 4.79 Å². The van der Waals surface area contributed by atoms with Gasteiger partial charge in [0.05, 0.1) is 23.8 Å². The van der Waals surface area contributed by atoms with Crippen LogP contribution >= 0.6 is 0 Å². The van der Waals surface area contributed by atoms with Gasteiger partial charge in [0.2, 0.25) is 0 Å². The van der Waals surface area contributed by atoms with Crippen LogP contribution in [0.3, 0.4) is 0 Å². The maximum Gasteiger partial charge on any atom is 0.260 e. The zero-order valence-corrected chi connectivity index (χ0v) is 17.6. The van der Waals surface area contributed by atoms with Crippen molar-refractivity contribution in [2.75, 3.05) is 23.3 Å². The average molecular weight is 406 g/mol. The van der Waals surface area contributed by atoms with Gasteiger partial charge in [0, 0.05) is 30.9 Å². The third kappa shape index (κ3) is 4.07. The fourth-order valence-corrected chi connectivity index (χ4v) is 4.06. The first-order chi connectivity index (χ1) is 14.4. The smallest absolute Gasteiger partial charge is 0.260 e. The summed E-state index contributed by atoms with van der Waals surface area (Å²) < 4.78 is 5.05. The van der Waals surface area contributed by atoms with E-state index in [1.54, 1.807) is 13.1 Å². The number of pyridine rings is 1. The number of hydrogen-bond acceptors (Lipinski definition) is 6. The number of carbonyl (C=O) groups excluding carboxylic acids is 1. The SMILES string of the molecule is Cc1cc(C)cc(-c2cncc(NC(=O)c3cnoc3C)c2N2CCC(N)CC2)c1. The van der Waals surface area contributed by atoms with Crippen LogP contribution in [0.4, 0.5) is 11.4 Å². The summed E-state index contributed by atoms with van der Waals surface area (Å²) in [5.74, 6) is 0.222. The summed E-state index contributed by atoms with van der Waals surface area (Å²) >= 11 is 0. The van der Waals surface area contributed by atoms with Crippen LogP contribution in [-0.4, -0.2) is 35.2 Å². The van der Waals surface area contributed by atoms with Gasteiger partial charge in [0.15, 0.2) is 0 Å². The van der Waals surface area contributed by atoms with Crippen LogP contribution in [-0.2, 0) is 0 Å². The Labute approximate surface area is 176 Å². The molecular weight excluding hydrogens is 378 g/mol. The van der Waals surface area contributed by atoms with Gasteiger partial charge in [-0.25, -0.2) is 0 Å². The maximum atomic E-state index is 12.9. The molecule has 0 saturated carbocycles. The fourth-order valence-electron chi connectivity index (χ4n) is 4.06. The van der Waals surface area contributed by atoms with Gasteiger partial charge >= 0.3 is 0 Å². The zero-order valence-electron chi connectivity index (χ0n) is 17.6. The number of benzene rings is 1. The van der Waals surface area contributed by atoms with Crippen LogP contribution in [0.5, 0.6) is 0 Å². The molecular formula is C23H27N5O2. The first kappa shape index (κ1) is 20.1. The molecule has 1 aromatic carbocycles. The van der Waals surface area contributed by atoms with Gasteiger partial charge in [-0.3, -0.25) is 9.78 Å². The molecule has 30 heavy (non-hydrogen) atoms. The molecule has 2 aromatic heterocycles. The number of rotatable bonds is 4. The van der Waals surface area contributed by atoms with Crippen LogP contribution < -0.4 is 16.0 Å². The van der Waals surface area contributed by atoms with Gasteiger partial charge in [-0.15, -0.1) is 0 Å². The summed E-state index contributed by atoms with van der Waals surface area (Å²) in [4.78, 5) is 19.6. The van der Waals surface area contributed by atoms with Gasteiger partial charge in [0.25, 0.3) is 5.91 Å². The maximum absolute atomic E-state index is 12.9. The Hall–Kier alpha value is -3.19.